The molecule has 0 aromatic carbocycles. The summed E-state index contributed by atoms with van der Waals surface area (Å²) in [5.74, 6) is 0. The summed E-state index contributed by atoms with van der Waals surface area (Å²) >= 11 is 11.6. The molecule has 0 rings (SSSR count). The zero-order valence-corrected chi connectivity index (χ0v) is 9.87. The molecule has 13 heavy (non-hydrogen) atoms. The van der Waals surface area contributed by atoms with E-state index in [0.29, 0.717) is 6.42 Å². The molecule has 3 heteroatoms. The van der Waals surface area contributed by atoms with Gasteiger partial charge in [-0.3, -0.25) is 0 Å². The molecule has 1 N–H and O–H groups in total. The molecule has 0 unspecified atom stereocenters. The van der Waals surface area contributed by atoms with Gasteiger partial charge in [-0.2, -0.15) is 0 Å². The third-order valence-electron chi connectivity index (χ3n) is 2.13. The van der Waals surface area contributed by atoms with Crippen LogP contribution in [-0.4, -0.2) is 16.0 Å². The Kier molecular flexibility index (Phi) is 8.23. The summed E-state index contributed by atoms with van der Waals surface area (Å²) in [6.45, 7) is 2.05. The summed E-state index contributed by atoms with van der Waals surface area (Å²) in [4.78, 5) is 0. The van der Waals surface area contributed by atoms with Crippen LogP contribution in [0.25, 0.3) is 0 Å². The largest absolute Gasteiger partial charge is 0.393 e. The van der Waals surface area contributed by atoms with Gasteiger partial charge in [0.25, 0.3) is 0 Å². The van der Waals surface area contributed by atoms with Gasteiger partial charge in [0.1, 0.15) is 4.33 Å². The lowest BCUT2D eigenvalue weighted by Gasteiger charge is -2.15. The van der Waals surface area contributed by atoms with Gasteiger partial charge in [0, 0.05) is 0 Å². The van der Waals surface area contributed by atoms with Gasteiger partial charge < -0.3 is 5.11 Å². The third-order valence-corrected chi connectivity index (χ3v) is 2.74. The number of hydrogen-bond donors (Lipinski definition) is 1. The highest BCUT2D eigenvalue weighted by atomic mass is 35.5. The Bertz CT molecular complexity index is 115. The zero-order valence-electron chi connectivity index (χ0n) is 8.36. The molecule has 0 atom stereocenters. The molecule has 0 aliphatic rings. The first-order chi connectivity index (χ1) is 6.12. The zero-order chi connectivity index (χ0) is 10.2. The topological polar surface area (TPSA) is 20.2 Å². The molecule has 0 radical (unpaired) electrons. The van der Waals surface area contributed by atoms with Crippen molar-refractivity contribution in [3.63, 3.8) is 0 Å². The molecule has 0 bridgehead atoms. The molecule has 0 aliphatic carbocycles. The number of rotatable bonds is 8. The molecule has 0 heterocycles. The summed E-state index contributed by atoms with van der Waals surface area (Å²) in [6.07, 6.45) is 8.01. The fourth-order valence-corrected chi connectivity index (χ4v) is 1.51. The number of unbranched alkanes of at least 4 members (excludes halogenated alkanes) is 5. The van der Waals surface area contributed by atoms with E-state index in [2.05, 4.69) is 6.92 Å². The van der Waals surface area contributed by atoms with Crippen molar-refractivity contribution < 1.29 is 5.11 Å². The molecule has 0 spiro atoms. The molecule has 80 valence electrons. The van der Waals surface area contributed by atoms with E-state index in [1.54, 1.807) is 0 Å². The van der Waals surface area contributed by atoms with Crippen LogP contribution >= 0.6 is 23.2 Å². The summed E-state index contributed by atoms with van der Waals surface area (Å²) in [5, 5.41) is 8.77. The molecular weight excluding hydrogens is 207 g/mol. The second kappa shape index (κ2) is 7.90. The van der Waals surface area contributed by atoms with Gasteiger partial charge in [0.05, 0.1) is 6.61 Å². The van der Waals surface area contributed by atoms with Crippen molar-refractivity contribution >= 4 is 23.2 Å². The van der Waals surface area contributed by atoms with Crippen LogP contribution in [0.5, 0.6) is 0 Å². The van der Waals surface area contributed by atoms with Crippen LogP contribution in [0.1, 0.15) is 51.9 Å². The van der Waals surface area contributed by atoms with Crippen molar-refractivity contribution in [2.24, 2.45) is 0 Å². The maximum absolute atomic E-state index is 8.77. The first-order valence-electron chi connectivity index (χ1n) is 5.11. The minimum absolute atomic E-state index is 0.148. The van der Waals surface area contributed by atoms with Gasteiger partial charge in [-0.15, -0.1) is 0 Å². The van der Waals surface area contributed by atoms with Crippen LogP contribution in [0.15, 0.2) is 0 Å². The monoisotopic (exact) mass is 226 g/mol. The van der Waals surface area contributed by atoms with E-state index in [9.17, 15) is 0 Å². The molecule has 0 aromatic heterocycles. The lowest BCUT2D eigenvalue weighted by atomic mass is 10.1. The fraction of sp³-hybridized carbons (Fsp3) is 1.00. The van der Waals surface area contributed by atoms with Gasteiger partial charge >= 0.3 is 0 Å². The summed E-state index contributed by atoms with van der Waals surface area (Å²) < 4.78 is -0.912. The van der Waals surface area contributed by atoms with Crippen LogP contribution in [-0.2, 0) is 0 Å². The first kappa shape index (κ1) is 13.5. The molecule has 0 saturated heterocycles. The Morgan fingerprint density at radius 1 is 1.00 bits per heavy atom. The second-order valence-electron chi connectivity index (χ2n) is 3.53. The van der Waals surface area contributed by atoms with Crippen molar-refractivity contribution in [3.05, 3.63) is 0 Å². The molecule has 0 fully saturated rings. The van der Waals surface area contributed by atoms with E-state index in [0.717, 1.165) is 6.42 Å². The third kappa shape index (κ3) is 8.86. The normalized spacial score (nSPS) is 12.0. The van der Waals surface area contributed by atoms with E-state index in [-0.39, 0.29) is 6.61 Å². The molecular formula is C10H20Cl2O. The van der Waals surface area contributed by atoms with Crippen LogP contribution in [0.4, 0.5) is 0 Å². The highest BCUT2D eigenvalue weighted by Crippen LogP contribution is 2.27. The van der Waals surface area contributed by atoms with E-state index < -0.39 is 4.33 Å². The van der Waals surface area contributed by atoms with E-state index in [4.69, 9.17) is 28.3 Å². The molecule has 0 saturated carbocycles. The van der Waals surface area contributed by atoms with Gasteiger partial charge in [0.15, 0.2) is 0 Å². The number of hydrogen-bond acceptors (Lipinski definition) is 1. The van der Waals surface area contributed by atoms with Crippen LogP contribution in [0.3, 0.4) is 0 Å². The van der Waals surface area contributed by atoms with E-state index in [1.165, 1.54) is 32.1 Å². The number of alkyl halides is 2. The summed E-state index contributed by atoms with van der Waals surface area (Å²) in [6, 6.07) is 0. The Morgan fingerprint density at radius 3 is 2.08 bits per heavy atom. The summed E-state index contributed by atoms with van der Waals surface area (Å²) in [7, 11) is 0. The molecule has 0 amide bonds. The Balaban J connectivity index is 3.16. The lowest BCUT2D eigenvalue weighted by molar-refractivity contribution is 0.271. The predicted molar refractivity (Wildman–Crippen MR) is 59.5 cm³/mol. The second-order valence-corrected chi connectivity index (χ2v) is 5.17. The maximum atomic E-state index is 8.77. The average Bonchev–Trinajstić information content (AvgIpc) is 2.11. The fourth-order valence-electron chi connectivity index (χ4n) is 1.24. The van der Waals surface area contributed by atoms with Crippen molar-refractivity contribution in [1.29, 1.82) is 0 Å². The first-order valence-corrected chi connectivity index (χ1v) is 5.86. The highest BCUT2D eigenvalue weighted by Gasteiger charge is 2.21. The minimum Gasteiger partial charge on any atom is -0.393 e. The Morgan fingerprint density at radius 2 is 1.54 bits per heavy atom. The van der Waals surface area contributed by atoms with Gasteiger partial charge in [-0.25, -0.2) is 0 Å². The van der Waals surface area contributed by atoms with Crippen LogP contribution < -0.4 is 0 Å². The van der Waals surface area contributed by atoms with Crippen molar-refractivity contribution in [2.45, 2.75) is 56.2 Å². The highest BCUT2D eigenvalue weighted by molar-refractivity contribution is 6.48. The smallest absolute Gasteiger partial charge is 0.141 e. The molecule has 0 aliphatic heterocycles. The Hall–Kier alpha value is 0.540. The maximum Gasteiger partial charge on any atom is 0.141 e. The predicted octanol–water partition coefficient (Wildman–Crippen LogP) is 3.90. The van der Waals surface area contributed by atoms with Crippen molar-refractivity contribution in [2.75, 3.05) is 6.61 Å². The lowest BCUT2D eigenvalue weighted by Crippen LogP contribution is -2.17. The van der Waals surface area contributed by atoms with Crippen LogP contribution in [0, 0.1) is 0 Å². The number of aliphatic hydroxyl groups excluding tert-OH is 1. The van der Waals surface area contributed by atoms with E-state index in [1.807, 2.05) is 0 Å². The van der Waals surface area contributed by atoms with Crippen LogP contribution in [0.2, 0.25) is 0 Å². The number of aliphatic hydroxyl groups is 1. The molecule has 0 aromatic rings. The average molecular weight is 227 g/mol. The van der Waals surface area contributed by atoms with Gasteiger partial charge in [-0.1, -0.05) is 68.7 Å². The molecule has 1 nitrogen and oxygen atoms in total. The van der Waals surface area contributed by atoms with Crippen molar-refractivity contribution in [3.8, 4) is 0 Å². The van der Waals surface area contributed by atoms with E-state index >= 15 is 0 Å². The van der Waals surface area contributed by atoms with Gasteiger partial charge in [0.2, 0.25) is 0 Å². The number of halogens is 2. The summed E-state index contributed by atoms with van der Waals surface area (Å²) in [5.41, 5.74) is 0. The quantitative estimate of drug-likeness (QED) is 0.492. The Labute approximate surface area is 91.4 Å². The standard InChI is InChI=1S/C10H20Cl2O/c1-2-3-4-5-6-7-8-10(11,12)9-13/h13H,2-9H2,1H3. The SMILES string of the molecule is CCCCCCCCC(Cl)(Cl)CO. The minimum atomic E-state index is -0.912. The van der Waals surface area contributed by atoms with Crippen molar-refractivity contribution in [1.82, 2.24) is 0 Å². The van der Waals surface area contributed by atoms with Gasteiger partial charge in [-0.05, 0) is 6.42 Å².